The van der Waals surface area contributed by atoms with Gasteiger partial charge in [-0.2, -0.15) is 0 Å². The molecule has 62 valence electrons. The summed E-state index contributed by atoms with van der Waals surface area (Å²) in [6.45, 7) is 0. The van der Waals surface area contributed by atoms with E-state index in [1.54, 1.807) is 12.1 Å². The van der Waals surface area contributed by atoms with Gasteiger partial charge in [0.25, 0.3) is 0 Å². The number of phenols is 1. The molecule has 0 aliphatic heterocycles. The van der Waals surface area contributed by atoms with Crippen LogP contribution in [0.3, 0.4) is 0 Å². The van der Waals surface area contributed by atoms with Crippen molar-refractivity contribution in [1.29, 1.82) is 0 Å². The summed E-state index contributed by atoms with van der Waals surface area (Å²) in [6, 6.07) is 4.96. The molecular formula is C8H6ClNOS. The lowest BCUT2D eigenvalue weighted by Gasteiger charge is -1.96. The molecule has 0 saturated heterocycles. The van der Waals surface area contributed by atoms with Gasteiger partial charge in [0.1, 0.15) is 5.75 Å². The van der Waals surface area contributed by atoms with Crippen LogP contribution in [0.2, 0.25) is 4.34 Å². The number of nitrogen functional groups attached to an aromatic ring is 1. The third-order valence-electron chi connectivity index (χ3n) is 1.60. The average molecular weight is 200 g/mol. The topological polar surface area (TPSA) is 46.2 Å². The first-order valence-corrected chi connectivity index (χ1v) is 4.54. The third kappa shape index (κ3) is 1.11. The first kappa shape index (κ1) is 7.71. The number of fused-ring (bicyclic) bond motifs is 1. The van der Waals surface area contributed by atoms with E-state index in [0.717, 1.165) is 10.1 Å². The molecule has 0 radical (unpaired) electrons. The Bertz CT molecular complexity index is 438. The van der Waals surface area contributed by atoms with Crippen LogP contribution >= 0.6 is 22.9 Å². The van der Waals surface area contributed by atoms with Crippen LogP contribution in [0.4, 0.5) is 5.69 Å². The maximum Gasteiger partial charge on any atom is 0.118 e. The molecule has 0 bridgehead atoms. The molecule has 0 unspecified atom stereocenters. The van der Waals surface area contributed by atoms with Gasteiger partial charge in [-0.05, 0) is 17.5 Å². The van der Waals surface area contributed by atoms with Gasteiger partial charge in [-0.25, -0.2) is 0 Å². The van der Waals surface area contributed by atoms with Gasteiger partial charge in [0.05, 0.1) is 14.7 Å². The predicted octanol–water partition coefficient (Wildman–Crippen LogP) is 2.84. The Morgan fingerprint density at radius 3 is 2.83 bits per heavy atom. The monoisotopic (exact) mass is 199 g/mol. The maximum absolute atomic E-state index is 9.20. The molecule has 0 aliphatic rings. The summed E-state index contributed by atoms with van der Waals surface area (Å²) in [5, 5.41) is 10.1. The van der Waals surface area contributed by atoms with E-state index in [9.17, 15) is 5.11 Å². The number of nitrogens with two attached hydrogens (primary N) is 1. The van der Waals surface area contributed by atoms with Crippen LogP contribution in [0.5, 0.6) is 5.75 Å². The van der Waals surface area contributed by atoms with Gasteiger partial charge in [-0.3, -0.25) is 0 Å². The summed E-state index contributed by atoms with van der Waals surface area (Å²) in [6.07, 6.45) is 0. The van der Waals surface area contributed by atoms with E-state index in [4.69, 9.17) is 17.3 Å². The van der Waals surface area contributed by atoms with Crippen molar-refractivity contribution in [2.75, 3.05) is 5.73 Å². The van der Waals surface area contributed by atoms with E-state index in [1.165, 1.54) is 17.4 Å². The fourth-order valence-electron chi connectivity index (χ4n) is 1.13. The predicted molar refractivity (Wildman–Crippen MR) is 52.9 cm³/mol. The number of benzene rings is 1. The summed E-state index contributed by atoms with van der Waals surface area (Å²) in [7, 11) is 0. The smallest absolute Gasteiger partial charge is 0.118 e. The lowest BCUT2D eigenvalue weighted by atomic mass is 10.2. The third-order valence-corrected chi connectivity index (χ3v) is 2.93. The molecule has 4 heteroatoms. The normalized spacial score (nSPS) is 10.8. The minimum Gasteiger partial charge on any atom is -0.508 e. The first-order chi connectivity index (χ1) is 5.66. The molecule has 0 fully saturated rings. The van der Waals surface area contributed by atoms with Crippen molar-refractivity contribution in [3.8, 4) is 5.75 Å². The summed E-state index contributed by atoms with van der Waals surface area (Å²) in [5.41, 5.74) is 6.23. The van der Waals surface area contributed by atoms with Gasteiger partial charge in [-0.15, -0.1) is 11.3 Å². The fraction of sp³-hybridized carbons (Fsp3) is 0. The number of phenolic OH excluding ortho intramolecular Hbond substituents is 1. The van der Waals surface area contributed by atoms with Crippen LogP contribution in [0, 0.1) is 0 Å². The van der Waals surface area contributed by atoms with E-state index in [0.29, 0.717) is 10.0 Å². The number of halogens is 1. The molecular weight excluding hydrogens is 194 g/mol. The number of rotatable bonds is 0. The lowest BCUT2D eigenvalue weighted by Crippen LogP contribution is -1.82. The Morgan fingerprint density at radius 2 is 2.08 bits per heavy atom. The largest absolute Gasteiger partial charge is 0.508 e. The maximum atomic E-state index is 9.20. The highest BCUT2D eigenvalue weighted by Crippen LogP contribution is 2.35. The van der Waals surface area contributed by atoms with Crippen molar-refractivity contribution in [3.63, 3.8) is 0 Å². The molecule has 0 aliphatic carbocycles. The standard InChI is InChI=1S/C8H6ClNOS/c9-7-2-4-1-5(11)3-6(10)8(4)12-7/h1-3,11H,10H2. The van der Waals surface area contributed by atoms with Crippen molar-refractivity contribution in [2.24, 2.45) is 0 Å². The molecule has 0 amide bonds. The van der Waals surface area contributed by atoms with E-state index >= 15 is 0 Å². The minimum atomic E-state index is 0.175. The van der Waals surface area contributed by atoms with Crippen molar-refractivity contribution < 1.29 is 5.11 Å². The summed E-state index contributed by atoms with van der Waals surface area (Å²) in [5.74, 6) is 0.175. The minimum absolute atomic E-state index is 0.175. The van der Waals surface area contributed by atoms with E-state index in [2.05, 4.69) is 0 Å². The molecule has 0 atom stereocenters. The van der Waals surface area contributed by atoms with Crippen LogP contribution in [-0.2, 0) is 0 Å². The van der Waals surface area contributed by atoms with Crippen LogP contribution in [0.1, 0.15) is 0 Å². The molecule has 3 N–H and O–H groups in total. The van der Waals surface area contributed by atoms with Crippen molar-refractivity contribution >= 4 is 38.7 Å². The molecule has 2 aromatic rings. The zero-order chi connectivity index (χ0) is 8.72. The molecule has 2 nitrogen and oxygen atoms in total. The lowest BCUT2D eigenvalue weighted by molar-refractivity contribution is 0.476. The van der Waals surface area contributed by atoms with Gasteiger partial charge in [0, 0.05) is 6.07 Å². The van der Waals surface area contributed by atoms with E-state index in [1.807, 2.05) is 0 Å². The molecule has 1 aromatic heterocycles. The quantitative estimate of drug-likeness (QED) is 0.641. The highest BCUT2D eigenvalue weighted by Gasteiger charge is 2.04. The SMILES string of the molecule is Nc1cc(O)cc2cc(Cl)sc12. The highest BCUT2D eigenvalue weighted by atomic mass is 35.5. The Balaban J connectivity index is 2.88. The van der Waals surface area contributed by atoms with Crippen LogP contribution in [0.25, 0.3) is 10.1 Å². The zero-order valence-corrected chi connectivity index (χ0v) is 7.62. The van der Waals surface area contributed by atoms with Crippen LogP contribution in [0.15, 0.2) is 18.2 Å². The summed E-state index contributed by atoms with van der Waals surface area (Å²) in [4.78, 5) is 0. The second kappa shape index (κ2) is 2.54. The number of aromatic hydroxyl groups is 1. The number of thiophene rings is 1. The molecule has 2 rings (SSSR count). The summed E-state index contributed by atoms with van der Waals surface area (Å²) >= 11 is 7.21. The Labute approximate surface area is 78.2 Å². The number of hydrogen-bond acceptors (Lipinski definition) is 3. The highest BCUT2D eigenvalue weighted by molar-refractivity contribution is 7.23. The molecule has 0 saturated carbocycles. The number of anilines is 1. The average Bonchev–Trinajstić information content (AvgIpc) is 2.29. The molecule has 0 spiro atoms. The molecule has 1 heterocycles. The first-order valence-electron chi connectivity index (χ1n) is 3.34. The molecule has 12 heavy (non-hydrogen) atoms. The summed E-state index contributed by atoms with van der Waals surface area (Å²) < 4.78 is 1.61. The fourth-order valence-corrected chi connectivity index (χ4v) is 2.27. The van der Waals surface area contributed by atoms with Gasteiger partial charge in [-0.1, -0.05) is 11.6 Å². The Kier molecular flexibility index (Phi) is 1.63. The van der Waals surface area contributed by atoms with Crippen molar-refractivity contribution in [3.05, 3.63) is 22.5 Å². The van der Waals surface area contributed by atoms with Gasteiger partial charge >= 0.3 is 0 Å². The van der Waals surface area contributed by atoms with Gasteiger partial charge in [0.15, 0.2) is 0 Å². The van der Waals surface area contributed by atoms with Crippen LogP contribution < -0.4 is 5.73 Å². The van der Waals surface area contributed by atoms with E-state index < -0.39 is 0 Å². The number of hydrogen-bond donors (Lipinski definition) is 2. The van der Waals surface area contributed by atoms with Gasteiger partial charge in [0.2, 0.25) is 0 Å². The van der Waals surface area contributed by atoms with Crippen molar-refractivity contribution in [2.45, 2.75) is 0 Å². The second-order valence-electron chi connectivity index (χ2n) is 2.50. The van der Waals surface area contributed by atoms with Crippen LogP contribution in [-0.4, -0.2) is 5.11 Å². The van der Waals surface area contributed by atoms with E-state index in [-0.39, 0.29) is 5.75 Å². The Hall–Kier alpha value is -0.930. The molecule has 1 aromatic carbocycles. The van der Waals surface area contributed by atoms with Gasteiger partial charge < -0.3 is 10.8 Å². The second-order valence-corrected chi connectivity index (χ2v) is 4.19. The zero-order valence-electron chi connectivity index (χ0n) is 6.04. The Morgan fingerprint density at radius 1 is 1.33 bits per heavy atom. The van der Waals surface area contributed by atoms with Crippen molar-refractivity contribution in [1.82, 2.24) is 0 Å².